The number of carbonyl (C=O) groups is 2. The van der Waals surface area contributed by atoms with E-state index in [9.17, 15) is 9.59 Å². The van der Waals surface area contributed by atoms with Crippen molar-refractivity contribution in [1.29, 1.82) is 0 Å². The molecule has 0 saturated heterocycles. The van der Waals surface area contributed by atoms with Crippen molar-refractivity contribution in [3.8, 4) is 0 Å². The van der Waals surface area contributed by atoms with Gasteiger partial charge in [0.1, 0.15) is 17.6 Å². The molecule has 1 rings (SSSR count). The molecule has 19 heavy (non-hydrogen) atoms. The monoisotopic (exact) mass is 265 g/mol. The van der Waals surface area contributed by atoms with Crippen LogP contribution in [-0.4, -0.2) is 30.0 Å². The molecule has 3 N–H and O–H groups in total. The summed E-state index contributed by atoms with van der Waals surface area (Å²) in [5, 5.41) is 2.96. The lowest BCUT2D eigenvalue weighted by molar-refractivity contribution is -0.141. The third kappa shape index (κ3) is 4.57. The van der Waals surface area contributed by atoms with Crippen LogP contribution in [0, 0.1) is 5.92 Å². The van der Waals surface area contributed by atoms with E-state index in [1.807, 2.05) is 13.8 Å². The highest BCUT2D eigenvalue weighted by Crippen LogP contribution is 2.13. The topological polar surface area (TPSA) is 94.3 Å². The maximum atomic E-state index is 11.7. The number of nitrogens with one attached hydrogen (secondary N) is 1. The first-order valence-corrected chi connectivity index (χ1v) is 6.05. The number of aromatic nitrogens is 1. The molecule has 0 aromatic carbocycles. The normalized spacial score (nSPS) is 12.0. The zero-order valence-corrected chi connectivity index (χ0v) is 11.3. The molecule has 6 heteroatoms. The summed E-state index contributed by atoms with van der Waals surface area (Å²) in [6, 6.07) is 4.34. The average molecular weight is 265 g/mol. The molecule has 0 radical (unpaired) electrons. The van der Waals surface area contributed by atoms with Gasteiger partial charge in [-0.15, -0.1) is 0 Å². The molecule has 1 amide bonds. The third-order valence-electron chi connectivity index (χ3n) is 2.52. The number of hydrogen-bond donors (Lipinski definition) is 2. The number of amides is 1. The second-order valence-corrected chi connectivity index (χ2v) is 4.62. The summed E-state index contributed by atoms with van der Waals surface area (Å²) in [5.41, 5.74) is 5.31. The van der Waals surface area contributed by atoms with E-state index in [0.717, 1.165) is 0 Å². The summed E-state index contributed by atoms with van der Waals surface area (Å²) in [4.78, 5) is 26.8. The van der Waals surface area contributed by atoms with E-state index in [0.29, 0.717) is 18.2 Å². The van der Waals surface area contributed by atoms with Gasteiger partial charge < -0.3 is 15.8 Å². The van der Waals surface area contributed by atoms with Crippen molar-refractivity contribution in [3.05, 3.63) is 23.9 Å². The number of anilines is 1. The average Bonchev–Trinajstić information content (AvgIpc) is 2.36. The molecule has 6 nitrogen and oxygen atoms in total. The first-order chi connectivity index (χ1) is 8.93. The lowest BCUT2D eigenvalue weighted by Gasteiger charge is -2.18. The van der Waals surface area contributed by atoms with E-state index < -0.39 is 11.9 Å². The molecule has 1 heterocycles. The van der Waals surface area contributed by atoms with E-state index in [2.05, 4.69) is 10.3 Å². The fraction of sp³-hybridized carbons (Fsp3) is 0.462. The second kappa shape index (κ2) is 6.72. The Bertz CT molecular complexity index is 460. The van der Waals surface area contributed by atoms with Gasteiger partial charge in [-0.3, -0.25) is 4.79 Å². The number of methoxy groups -OCH3 is 1. The Balaban J connectivity index is 2.86. The predicted molar refractivity (Wildman–Crippen MR) is 71.6 cm³/mol. The van der Waals surface area contributed by atoms with E-state index in [4.69, 9.17) is 10.5 Å². The Kier molecular flexibility index (Phi) is 5.29. The smallest absolute Gasteiger partial charge is 0.328 e. The van der Waals surface area contributed by atoms with Crippen LogP contribution >= 0.6 is 0 Å². The SMILES string of the molecule is COC(=O)C(CC(C)C)Nc1cccc(C(N)=O)n1. The molecule has 0 spiro atoms. The Labute approximate surface area is 112 Å². The van der Waals surface area contributed by atoms with E-state index >= 15 is 0 Å². The van der Waals surface area contributed by atoms with Crippen molar-refractivity contribution in [1.82, 2.24) is 4.98 Å². The number of nitrogens with zero attached hydrogens (tertiary/aromatic N) is 1. The van der Waals surface area contributed by atoms with E-state index in [-0.39, 0.29) is 11.7 Å². The Morgan fingerprint density at radius 2 is 2.11 bits per heavy atom. The van der Waals surface area contributed by atoms with Crippen molar-refractivity contribution < 1.29 is 14.3 Å². The largest absolute Gasteiger partial charge is 0.467 e. The number of ether oxygens (including phenoxy) is 1. The molecule has 0 aliphatic carbocycles. The summed E-state index contributed by atoms with van der Waals surface area (Å²) in [7, 11) is 1.34. The highest BCUT2D eigenvalue weighted by atomic mass is 16.5. The van der Waals surface area contributed by atoms with Crippen molar-refractivity contribution >= 4 is 17.7 Å². The zero-order chi connectivity index (χ0) is 14.4. The molecular weight excluding hydrogens is 246 g/mol. The van der Waals surface area contributed by atoms with Gasteiger partial charge in [0.25, 0.3) is 5.91 Å². The lowest BCUT2D eigenvalue weighted by Crippen LogP contribution is -2.32. The summed E-state index contributed by atoms with van der Waals surface area (Å²) >= 11 is 0. The number of primary amides is 1. The predicted octanol–water partition coefficient (Wildman–Crippen LogP) is 1.18. The fourth-order valence-corrected chi connectivity index (χ4v) is 1.66. The molecule has 1 aromatic heterocycles. The number of carbonyl (C=O) groups excluding carboxylic acids is 2. The first kappa shape index (κ1) is 14.9. The van der Waals surface area contributed by atoms with E-state index in [1.54, 1.807) is 12.1 Å². The lowest BCUT2D eigenvalue weighted by atomic mass is 10.0. The summed E-state index contributed by atoms with van der Waals surface area (Å²) in [6.45, 7) is 4.01. The van der Waals surface area contributed by atoms with Gasteiger partial charge in [0, 0.05) is 0 Å². The van der Waals surface area contributed by atoms with Gasteiger partial charge in [0.05, 0.1) is 7.11 Å². The van der Waals surface area contributed by atoms with Crippen LogP contribution in [0.5, 0.6) is 0 Å². The fourth-order valence-electron chi connectivity index (χ4n) is 1.66. The van der Waals surface area contributed by atoms with Gasteiger partial charge in [-0.1, -0.05) is 19.9 Å². The third-order valence-corrected chi connectivity index (χ3v) is 2.52. The molecule has 0 aliphatic rings. The minimum absolute atomic E-state index is 0.151. The number of nitrogens with two attached hydrogens (primary N) is 1. The maximum Gasteiger partial charge on any atom is 0.328 e. The number of rotatable bonds is 6. The molecular formula is C13H19N3O3. The minimum atomic E-state index is -0.609. The quantitative estimate of drug-likeness (QED) is 0.753. The van der Waals surface area contributed by atoms with Crippen LogP contribution in [0.2, 0.25) is 0 Å². The Morgan fingerprint density at radius 3 is 2.63 bits per heavy atom. The summed E-state index contributed by atoms with van der Waals surface area (Å²) in [5.74, 6) is -0.231. The number of hydrogen-bond acceptors (Lipinski definition) is 5. The van der Waals surface area contributed by atoms with Gasteiger partial charge in [-0.25, -0.2) is 9.78 Å². The van der Waals surface area contributed by atoms with Gasteiger partial charge in [0.2, 0.25) is 0 Å². The molecule has 1 unspecified atom stereocenters. The van der Waals surface area contributed by atoms with Gasteiger partial charge in [-0.05, 0) is 24.5 Å². The van der Waals surface area contributed by atoms with Gasteiger partial charge >= 0.3 is 5.97 Å². The van der Waals surface area contributed by atoms with Gasteiger partial charge in [0.15, 0.2) is 0 Å². The number of esters is 1. The maximum absolute atomic E-state index is 11.7. The highest BCUT2D eigenvalue weighted by molar-refractivity contribution is 5.91. The van der Waals surface area contributed by atoms with Crippen molar-refractivity contribution in [2.24, 2.45) is 11.7 Å². The van der Waals surface area contributed by atoms with Crippen molar-refractivity contribution in [2.75, 3.05) is 12.4 Å². The van der Waals surface area contributed by atoms with Crippen LogP contribution < -0.4 is 11.1 Å². The highest BCUT2D eigenvalue weighted by Gasteiger charge is 2.20. The molecule has 0 bridgehead atoms. The standard InChI is InChI=1S/C13H19N3O3/c1-8(2)7-10(13(18)19-3)16-11-6-4-5-9(15-11)12(14)17/h4-6,8,10H,7H2,1-3H3,(H2,14,17)(H,15,16). The van der Waals surface area contributed by atoms with Crippen molar-refractivity contribution in [2.45, 2.75) is 26.3 Å². The summed E-state index contributed by atoms with van der Waals surface area (Å²) < 4.78 is 4.74. The molecule has 0 saturated carbocycles. The van der Waals surface area contributed by atoms with Crippen LogP contribution in [0.1, 0.15) is 30.8 Å². The minimum Gasteiger partial charge on any atom is -0.467 e. The molecule has 1 aromatic rings. The van der Waals surface area contributed by atoms with Crippen LogP contribution in [0.4, 0.5) is 5.82 Å². The molecule has 1 atom stereocenters. The first-order valence-electron chi connectivity index (χ1n) is 6.05. The zero-order valence-electron chi connectivity index (χ0n) is 11.3. The van der Waals surface area contributed by atoms with Crippen LogP contribution in [0.25, 0.3) is 0 Å². The molecule has 0 fully saturated rings. The van der Waals surface area contributed by atoms with Gasteiger partial charge in [-0.2, -0.15) is 0 Å². The Morgan fingerprint density at radius 1 is 1.42 bits per heavy atom. The molecule has 0 aliphatic heterocycles. The van der Waals surface area contributed by atoms with Crippen LogP contribution in [-0.2, 0) is 9.53 Å². The second-order valence-electron chi connectivity index (χ2n) is 4.62. The summed E-state index contributed by atoms with van der Waals surface area (Å²) in [6.07, 6.45) is 0.606. The molecule has 104 valence electrons. The van der Waals surface area contributed by atoms with Crippen LogP contribution in [0.15, 0.2) is 18.2 Å². The van der Waals surface area contributed by atoms with Crippen molar-refractivity contribution in [3.63, 3.8) is 0 Å². The van der Waals surface area contributed by atoms with E-state index in [1.165, 1.54) is 13.2 Å². The number of pyridine rings is 1. The van der Waals surface area contributed by atoms with Crippen LogP contribution in [0.3, 0.4) is 0 Å². The Hall–Kier alpha value is -2.11.